The van der Waals surface area contributed by atoms with Crippen molar-refractivity contribution >= 4 is 23.9 Å². The highest BCUT2D eigenvalue weighted by Crippen LogP contribution is 2.26. The van der Waals surface area contributed by atoms with Gasteiger partial charge in [-0.1, -0.05) is 24.6 Å². The van der Waals surface area contributed by atoms with Gasteiger partial charge in [-0.3, -0.25) is 19.3 Å². The number of rotatable bonds is 9. The topological polar surface area (TPSA) is 114 Å². The van der Waals surface area contributed by atoms with Crippen LogP contribution in [0.4, 0.5) is 4.79 Å². The number of aryl methyl sites for hydroxylation is 1. The molecule has 9 heteroatoms. The molecule has 0 aliphatic rings. The van der Waals surface area contributed by atoms with Gasteiger partial charge >= 0.3 is 12.1 Å². The first-order valence-electron chi connectivity index (χ1n) is 10.7. The Labute approximate surface area is 195 Å². The Kier molecular flexibility index (Phi) is 10.4. The number of nitrogens with zero attached hydrogens (tertiary/aromatic N) is 1. The lowest BCUT2D eigenvalue weighted by molar-refractivity contribution is -0.143. The Morgan fingerprint density at radius 2 is 1.82 bits per heavy atom. The number of alkyl carbamates (subject to hydrolysis) is 1. The highest BCUT2D eigenvalue weighted by molar-refractivity contribution is 5.92. The van der Waals surface area contributed by atoms with Crippen LogP contribution in [0, 0.1) is 26.3 Å². The average Bonchev–Trinajstić information content (AvgIpc) is 2.71. The normalized spacial score (nSPS) is 11.5. The summed E-state index contributed by atoms with van der Waals surface area (Å²) in [6.45, 7) is 10.3. The largest absolute Gasteiger partial charge is 0.466 e. The monoisotopic (exact) mass is 459 g/mol. The summed E-state index contributed by atoms with van der Waals surface area (Å²) in [5, 5.41) is 5.00. The van der Waals surface area contributed by atoms with Crippen LogP contribution in [0.15, 0.2) is 18.2 Å². The van der Waals surface area contributed by atoms with Gasteiger partial charge in [0.1, 0.15) is 18.2 Å². The Balaban J connectivity index is 3.10. The molecule has 1 unspecified atom stereocenters. The van der Waals surface area contributed by atoms with Crippen LogP contribution in [0.5, 0.6) is 0 Å². The predicted octanol–water partition coefficient (Wildman–Crippen LogP) is 2.36. The van der Waals surface area contributed by atoms with Gasteiger partial charge in [0.25, 0.3) is 5.91 Å². The lowest BCUT2D eigenvalue weighted by atomic mass is 9.95. The molecule has 0 bridgehead atoms. The number of nitrogens with one attached hydrogen (secondary N) is 2. The van der Waals surface area contributed by atoms with Crippen LogP contribution in [0.3, 0.4) is 0 Å². The molecule has 2 N–H and O–H groups in total. The van der Waals surface area contributed by atoms with E-state index in [1.165, 1.54) is 0 Å². The molecule has 0 spiro atoms. The third-order valence-corrected chi connectivity index (χ3v) is 4.57. The maximum atomic E-state index is 13.1. The Hall–Kier alpha value is -3.54. The van der Waals surface area contributed by atoms with Crippen LogP contribution >= 0.6 is 0 Å². The minimum Gasteiger partial charge on any atom is -0.466 e. The number of carbonyl (C=O) groups is 4. The van der Waals surface area contributed by atoms with E-state index >= 15 is 0 Å². The molecule has 1 aromatic carbocycles. The summed E-state index contributed by atoms with van der Waals surface area (Å²) in [7, 11) is 0. The number of amides is 3. The molecule has 0 saturated carbocycles. The zero-order valence-corrected chi connectivity index (χ0v) is 20.1. The zero-order chi connectivity index (χ0) is 25.2. The van der Waals surface area contributed by atoms with Gasteiger partial charge < -0.3 is 20.1 Å². The van der Waals surface area contributed by atoms with Crippen molar-refractivity contribution in [2.75, 3.05) is 19.7 Å². The fraction of sp³-hybridized carbons (Fsp3) is 0.500. The molecule has 0 saturated heterocycles. The predicted molar refractivity (Wildman–Crippen MR) is 123 cm³/mol. The van der Waals surface area contributed by atoms with E-state index in [2.05, 4.69) is 16.7 Å². The summed E-state index contributed by atoms with van der Waals surface area (Å²) < 4.78 is 9.99. The minimum absolute atomic E-state index is 0.0157. The summed E-state index contributed by atoms with van der Waals surface area (Å²) in [6.07, 6.45) is 4.81. The Morgan fingerprint density at radius 1 is 1.15 bits per heavy atom. The van der Waals surface area contributed by atoms with E-state index < -0.39 is 42.1 Å². The summed E-state index contributed by atoms with van der Waals surface area (Å²) in [5.74, 6) is -1.68. The number of carbonyl (C=O) groups excluding carboxylic acids is 4. The fourth-order valence-electron chi connectivity index (χ4n) is 2.92. The summed E-state index contributed by atoms with van der Waals surface area (Å²) in [5.41, 5.74) is 1.50. The second kappa shape index (κ2) is 12.5. The Morgan fingerprint density at radius 3 is 2.39 bits per heavy atom. The number of esters is 1. The molecule has 0 fully saturated rings. The minimum atomic E-state index is -1.16. The van der Waals surface area contributed by atoms with Crippen molar-refractivity contribution in [2.24, 2.45) is 0 Å². The molecule has 9 nitrogen and oxygen atoms in total. The van der Waals surface area contributed by atoms with Crippen molar-refractivity contribution in [2.45, 2.75) is 59.6 Å². The van der Waals surface area contributed by atoms with E-state index in [4.69, 9.17) is 15.9 Å². The molecule has 0 aromatic heterocycles. The maximum absolute atomic E-state index is 13.1. The zero-order valence-electron chi connectivity index (χ0n) is 20.1. The third kappa shape index (κ3) is 8.85. The van der Waals surface area contributed by atoms with E-state index in [0.29, 0.717) is 5.56 Å². The second-order valence-electron chi connectivity index (χ2n) is 8.29. The van der Waals surface area contributed by atoms with Crippen LogP contribution in [0.25, 0.3) is 0 Å². The molecule has 0 heterocycles. The lowest BCUT2D eigenvalue weighted by Gasteiger charge is -2.28. The number of hydrogen-bond acceptors (Lipinski definition) is 6. The van der Waals surface area contributed by atoms with E-state index in [1.54, 1.807) is 39.8 Å². The average molecular weight is 460 g/mol. The van der Waals surface area contributed by atoms with Gasteiger partial charge in [0.05, 0.1) is 13.0 Å². The van der Waals surface area contributed by atoms with Crippen molar-refractivity contribution in [3.63, 3.8) is 0 Å². The first-order chi connectivity index (χ1) is 15.4. The van der Waals surface area contributed by atoms with Crippen LogP contribution in [-0.4, -0.2) is 54.1 Å². The fourth-order valence-corrected chi connectivity index (χ4v) is 2.92. The van der Waals surface area contributed by atoms with Crippen LogP contribution in [-0.2, 0) is 23.9 Å². The molecule has 1 atom stereocenters. The van der Waals surface area contributed by atoms with Gasteiger partial charge in [-0.05, 0) is 58.2 Å². The second-order valence-corrected chi connectivity index (χ2v) is 8.29. The molecule has 33 heavy (non-hydrogen) atoms. The molecular formula is C24H33N3O6. The molecule has 0 aliphatic carbocycles. The molecule has 180 valence electrons. The van der Waals surface area contributed by atoms with E-state index in [0.717, 1.165) is 16.0 Å². The van der Waals surface area contributed by atoms with E-state index in [9.17, 15) is 19.2 Å². The lowest BCUT2D eigenvalue weighted by Crippen LogP contribution is -2.46. The molecule has 0 radical (unpaired) electrons. The van der Waals surface area contributed by atoms with Crippen molar-refractivity contribution < 1.29 is 28.7 Å². The van der Waals surface area contributed by atoms with Crippen molar-refractivity contribution in [1.29, 1.82) is 0 Å². The maximum Gasteiger partial charge on any atom is 0.408 e. The number of hydrogen-bond donors (Lipinski definition) is 2. The molecule has 3 amide bonds. The van der Waals surface area contributed by atoms with Crippen molar-refractivity contribution in [3.8, 4) is 12.5 Å². The first kappa shape index (κ1) is 27.5. The number of benzene rings is 1. The Bertz CT molecular complexity index is 914. The molecular weight excluding hydrogens is 426 g/mol. The van der Waals surface area contributed by atoms with Gasteiger partial charge in [0.15, 0.2) is 0 Å². The first-order valence-corrected chi connectivity index (χ1v) is 10.7. The number of terminal acetylenes is 1. The molecule has 1 rings (SSSR count). The van der Waals surface area contributed by atoms with Gasteiger partial charge in [-0.15, -0.1) is 0 Å². The smallest absolute Gasteiger partial charge is 0.408 e. The SMILES string of the molecule is C#CN(C(=O)CNC(=O)OC(C)(C)C)C(C(=O)NCCC(=O)OCC)c1cccc(C)c1C. The number of ether oxygens (including phenoxy) is 2. The molecule has 1 aromatic rings. The molecule has 0 aliphatic heterocycles. The van der Waals surface area contributed by atoms with E-state index in [1.807, 2.05) is 19.9 Å². The van der Waals surface area contributed by atoms with Crippen LogP contribution < -0.4 is 10.6 Å². The van der Waals surface area contributed by atoms with Gasteiger partial charge in [0, 0.05) is 12.6 Å². The summed E-state index contributed by atoms with van der Waals surface area (Å²) in [6, 6.07) is 6.44. The van der Waals surface area contributed by atoms with E-state index in [-0.39, 0.29) is 19.6 Å². The van der Waals surface area contributed by atoms with Gasteiger partial charge in [0.2, 0.25) is 5.91 Å². The van der Waals surface area contributed by atoms with Crippen molar-refractivity contribution in [1.82, 2.24) is 15.5 Å². The highest BCUT2D eigenvalue weighted by atomic mass is 16.6. The van der Waals surface area contributed by atoms with Gasteiger partial charge in [-0.2, -0.15) is 0 Å². The van der Waals surface area contributed by atoms with Crippen molar-refractivity contribution in [3.05, 3.63) is 34.9 Å². The van der Waals surface area contributed by atoms with Crippen LogP contribution in [0.2, 0.25) is 0 Å². The standard InChI is InChI=1S/C24H33N3O6/c1-8-27(19(28)15-26-23(31)33-24(5,6)7)21(18-12-10-11-16(3)17(18)4)22(30)25-14-13-20(29)32-9-2/h1,10-12,21H,9,13-15H2,2-7H3,(H,25,30)(H,26,31). The highest BCUT2D eigenvalue weighted by Gasteiger charge is 2.32. The van der Waals surface area contributed by atoms with Crippen LogP contribution in [0.1, 0.15) is 56.8 Å². The summed E-state index contributed by atoms with van der Waals surface area (Å²) in [4.78, 5) is 50.4. The van der Waals surface area contributed by atoms with Gasteiger partial charge in [-0.25, -0.2) is 4.79 Å². The quantitative estimate of drug-likeness (QED) is 0.333. The third-order valence-electron chi connectivity index (χ3n) is 4.57. The summed E-state index contributed by atoms with van der Waals surface area (Å²) >= 11 is 0.